The molecule has 1 aliphatic rings. The summed E-state index contributed by atoms with van der Waals surface area (Å²) in [5, 5.41) is 3.41. The van der Waals surface area contributed by atoms with Crippen molar-refractivity contribution in [2.45, 2.75) is 32.2 Å². The summed E-state index contributed by atoms with van der Waals surface area (Å²) >= 11 is 0. The number of hydrogen-bond acceptors (Lipinski definition) is 4. The summed E-state index contributed by atoms with van der Waals surface area (Å²) in [5.74, 6) is 1.88. The van der Waals surface area contributed by atoms with Crippen LogP contribution in [0.1, 0.15) is 25.3 Å². The number of hydrogen-bond donors (Lipinski definition) is 1. The van der Waals surface area contributed by atoms with Crippen molar-refractivity contribution in [3.05, 3.63) is 29.8 Å². The van der Waals surface area contributed by atoms with Gasteiger partial charge in [-0.1, -0.05) is 18.2 Å². The average molecular weight is 504 g/mol. The second kappa shape index (κ2) is 12.5. The van der Waals surface area contributed by atoms with E-state index < -0.39 is 0 Å². The minimum Gasteiger partial charge on any atom is -0.491 e. The summed E-state index contributed by atoms with van der Waals surface area (Å²) in [6.07, 6.45) is 2.03. The Morgan fingerprint density at radius 1 is 1.21 bits per heavy atom. The van der Waals surface area contributed by atoms with Crippen LogP contribution >= 0.6 is 24.0 Å². The van der Waals surface area contributed by atoms with Crippen LogP contribution in [0.15, 0.2) is 29.3 Å². The number of halogens is 1. The van der Waals surface area contributed by atoms with Gasteiger partial charge in [-0.25, -0.2) is 0 Å². The van der Waals surface area contributed by atoms with E-state index in [0.717, 1.165) is 63.0 Å². The lowest BCUT2D eigenvalue weighted by molar-refractivity contribution is -0.00263. The van der Waals surface area contributed by atoms with Crippen LogP contribution in [0.5, 0.6) is 5.75 Å². The maximum Gasteiger partial charge on any atom is 0.193 e. The highest BCUT2D eigenvalue weighted by Gasteiger charge is 2.34. The van der Waals surface area contributed by atoms with Crippen LogP contribution in [-0.2, 0) is 4.74 Å². The molecule has 0 amide bonds. The Hall–Kier alpha value is -1.06. The fraction of sp³-hybridized carbons (Fsp3) is 0.667. The Bertz CT molecular complexity index is 604. The molecule has 1 aromatic rings. The monoisotopic (exact) mass is 504 g/mol. The van der Waals surface area contributed by atoms with E-state index in [1.54, 1.807) is 0 Å². The van der Waals surface area contributed by atoms with Gasteiger partial charge < -0.3 is 24.6 Å². The molecule has 1 saturated heterocycles. The molecule has 0 radical (unpaired) electrons. The van der Waals surface area contributed by atoms with Gasteiger partial charge in [0, 0.05) is 32.3 Å². The molecule has 0 aliphatic carbocycles. The number of likely N-dealkylation sites (N-methyl/N-ethyl adjacent to an activating group) is 2. The summed E-state index contributed by atoms with van der Waals surface area (Å²) in [5.41, 5.74) is 1.24. The maximum absolute atomic E-state index is 5.94. The van der Waals surface area contributed by atoms with Crippen molar-refractivity contribution in [1.29, 1.82) is 0 Å². The van der Waals surface area contributed by atoms with E-state index >= 15 is 0 Å². The van der Waals surface area contributed by atoms with Gasteiger partial charge in [0.2, 0.25) is 0 Å². The molecule has 6 nitrogen and oxygen atoms in total. The molecule has 2 rings (SSSR count). The number of guanidine groups is 1. The normalized spacial score (nSPS) is 16.4. The van der Waals surface area contributed by atoms with Gasteiger partial charge in [0.05, 0.1) is 13.1 Å². The summed E-state index contributed by atoms with van der Waals surface area (Å²) < 4.78 is 11.5. The van der Waals surface area contributed by atoms with Crippen LogP contribution in [0.25, 0.3) is 0 Å². The number of benzene rings is 1. The van der Waals surface area contributed by atoms with Crippen molar-refractivity contribution in [3.8, 4) is 5.75 Å². The van der Waals surface area contributed by atoms with Crippen LogP contribution in [0.3, 0.4) is 0 Å². The van der Waals surface area contributed by atoms with Gasteiger partial charge in [0.15, 0.2) is 5.96 Å². The highest BCUT2D eigenvalue weighted by atomic mass is 127. The zero-order valence-electron chi connectivity index (χ0n) is 18.0. The Balaban J connectivity index is 0.00000392. The van der Waals surface area contributed by atoms with Crippen molar-refractivity contribution in [2.75, 3.05) is 60.6 Å². The topological polar surface area (TPSA) is 49.3 Å². The second-order valence-corrected chi connectivity index (χ2v) is 7.44. The van der Waals surface area contributed by atoms with E-state index in [4.69, 9.17) is 14.5 Å². The largest absolute Gasteiger partial charge is 0.491 e. The molecule has 0 aromatic heterocycles. The van der Waals surface area contributed by atoms with Gasteiger partial charge >= 0.3 is 0 Å². The van der Waals surface area contributed by atoms with Crippen molar-refractivity contribution < 1.29 is 9.47 Å². The number of aryl methyl sites for hydroxylation is 1. The molecule has 28 heavy (non-hydrogen) atoms. The molecule has 1 aliphatic heterocycles. The van der Waals surface area contributed by atoms with Gasteiger partial charge in [-0.2, -0.15) is 0 Å². The number of nitrogens with one attached hydrogen (secondary N) is 1. The summed E-state index contributed by atoms with van der Waals surface area (Å²) in [4.78, 5) is 9.41. The lowest BCUT2D eigenvalue weighted by Gasteiger charge is -2.42. The zero-order valence-corrected chi connectivity index (χ0v) is 20.4. The molecule has 0 bridgehead atoms. The van der Waals surface area contributed by atoms with Gasteiger partial charge in [-0.15, -0.1) is 24.0 Å². The first-order valence-corrected chi connectivity index (χ1v) is 9.91. The van der Waals surface area contributed by atoms with Gasteiger partial charge in [-0.05, 0) is 52.4 Å². The third kappa shape index (κ3) is 7.08. The summed E-state index contributed by atoms with van der Waals surface area (Å²) in [6.45, 7) is 8.81. The Labute approximate surface area is 187 Å². The molecule has 1 aromatic carbocycles. The minimum absolute atomic E-state index is 0. The molecule has 0 spiro atoms. The van der Waals surface area contributed by atoms with Gasteiger partial charge in [-0.3, -0.25) is 4.99 Å². The van der Waals surface area contributed by atoms with Gasteiger partial charge in [0.25, 0.3) is 0 Å². The molecule has 0 atom stereocenters. The fourth-order valence-electron chi connectivity index (χ4n) is 3.31. The van der Waals surface area contributed by atoms with Crippen LogP contribution in [0.4, 0.5) is 0 Å². The van der Waals surface area contributed by atoms with E-state index in [0.29, 0.717) is 6.61 Å². The van der Waals surface area contributed by atoms with Crippen molar-refractivity contribution >= 4 is 29.9 Å². The van der Waals surface area contributed by atoms with Crippen LogP contribution < -0.4 is 10.1 Å². The molecule has 7 heteroatoms. The van der Waals surface area contributed by atoms with E-state index in [2.05, 4.69) is 56.2 Å². The van der Waals surface area contributed by atoms with Crippen molar-refractivity contribution in [1.82, 2.24) is 15.1 Å². The number of rotatable bonds is 8. The number of nitrogens with zero attached hydrogens (tertiary/aromatic N) is 3. The average Bonchev–Trinajstić information content (AvgIpc) is 2.67. The summed E-state index contributed by atoms with van der Waals surface area (Å²) in [6, 6.07) is 8.12. The molecular formula is C21H37IN4O2. The van der Waals surface area contributed by atoms with E-state index in [1.165, 1.54) is 0 Å². The summed E-state index contributed by atoms with van der Waals surface area (Å²) in [7, 11) is 6.36. The Kier molecular flexibility index (Phi) is 11.1. The lowest BCUT2D eigenvalue weighted by Crippen LogP contribution is -2.52. The van der Waals surface area contributed by atoms with Gasteiger partial charge in [0.1, 0.15) is 12.4 Å². The van der Waals surface area contributed by atoms with E-state index in [-0.39, 0.29) is 29.5 Å². The smallest absolute Gasteiger partial charge is 0.193 e. The molecule has 1 heterocycles. The minimum atomic E-state index is 0. The molecule has 0 unspecified atom stereocenters. The molecule has 0 saturated carbocycles. The predicted molar refractivity (Wildman–Crippen MR) is 127 cm³/mol. The van der Waals surface area contributed by atoms with Crippen LogP contribution in [-0.4, -0.2) is 81.9 Å². The maximum atomic E-state index is 5.94. The Morgan fingerprint density at radius 2 is 1.89 bits per heavy atom. The van der Waals surface area contributed by atoms with Crippen LogP contribution in [0, 0.1) is 6.92 Å². The van der Waals surface area contributed by atoms with E-state index in [1.807, 2.05) is 18.2 Å². The number of aliphatic imine (C=N–C) groups is 1. The first-order valence-electron chi connectivity index (χ1n) is 9.91. The second-order valence-electron chi connectivity index (χ2n) is 7.44. The van der Waals surface area contributed by atoms with E-state index in [9.17, 15) is 0 Å². The van der Waals surface area contributed by atoms with Crippen LogP contribution in [0.2, 0.25) is 0 Å². The molecule has 1 fully saturated rings. The molecule has 160 valence electrons. The number of ether oxygens (including phenoxy) is 2. The lowest BCUT2D eigenvalue weighted by atomic mass is 9.89. The zero-order chi connectivity index (χ0) is 19.7. The third-order valence-corrected chi connectivity index (χ3v) is 5.37. The molecule has 1 N–H and O–H groups in total. The first kappa shape index (κ1) is 25.0. The SMILES string of the molecule is CCNC(=NCC1(N(C)C)CCOCC1)N(C)CCOc1ccccc1C.I. The quantitative estimate of drug-likeness (QED) is 0.335. The fourth-order valence-corrected chi connectivity index (χ4v) is 3.31. The first-order chi connectivity index (χ1) is 13.0. The number of para-hydroxylation sites is 1. The van der Waals surface area contributed by atoms with Crippen molar-refractivity contribution in [3.63, 3.8) is 0 Å². The highest BCUT2D eigenvalue weighted by Crippen LogP contribution is 2.26. The Morgan fingerprint density at radius 3 is 2.50 bits per heavy atom. The third-order valence-electron chi connectivity index (χ3n) is 5.37. The highest BCUT2D eigenvalue weighted by molar-refractivity contribution is 14.0. The standard InChI is InChI=1S/C21H36N4O2.HI/c1-6-22-20(23-17-21(24(3)4)11-14-26-15-12-21)25(5)13-16-27-19-10-8-7-9-18(19)2;/h7-10H,6,11-17H2,1-5H3,(H,22,23);1H. The predicted octanol–water partition coefficient (Wildman–Crippen LogP) is 3.00. The van der Waals surface area contributed by atoms with Crippen molar-refractivity contribution in [2.24, 2.45) is 4.99 Å². The molecular weight excluding hydrogens is 467 g/mol.